The molecule has 1 amide bonds. The molecule has 0 radical (unpaired) electrons. The Kier molecular flexibility index (Phi) is 5.45. The summed E-state index contributed by atoms with van der Waals surface area (Å²) in [6, 6.07) is 6.42. The largest absolute Gasteiger partial charge is 0.369 e. The van der Waals surface area contributed by atoms with E-state index in [0.717, 1.165) is 0 Å². The van der Waals surface area contributed by atoms with Gasteiger partial charge in [-0.15, -0.1) is 0 Å². The van der Waals surface area contributed by atoms with Crippen LogP contribution in [-0.4, -0.2) is 31.3 Å². The van der Waals surface area contributed by atoms with Crippen LogP contribution in [0.4, 0.5) is 10.1 Å². The van der Waals surface area contributed by atoms with Crippen molar-refractivity contribution in [1.29, 1.82) is 5.26 Å². The van der Waals surface area contributed by atoms with E-state index in [2.05, 4.69) is 17.9 Å². The van der Waals surface area contributed by atoms with E-state index < -0.39 is 0 Å². The molecule has 1 saturated heterocycles. The highest BCUT2D eigenvalue weighted by molar-refractivity contribution is 7.80. The van der Waals surface area contributed by atoms with Crippen LogP contribution in [0, 0.1) is 23.1 Å². The number of piperidine rings is 1. The number of benzene rings is 1. The molecule has 1 aliphatic heterocycles. The van der Waals surface area contributed by atoms with Crippen LogP contribution < -0.4 is 10.2 Å². The van der Waals surface area contributed by atoms with Gasteiger partial charge in [-0.2, -0.15) is 17.9 Å². The number of nitrogens with one attached hydrogen (secondary N) is 1. The van der Waals surface area contributed by atoms with Crippen molar-refractivity contribution in [2.75, 3.05) is 30.3 Å². The number of halogens is 1. The van der Waals surface area contributed by atoms with Gasteiger partial charge in [0.2, 0.25) is 5.91 Å². The van der Waals surface area contributed by atoms with Crippen LogP contribution in [0.3, 0.4) is 0 Å². The lowest BCUT2D eigenvalue weighted by molar-refractivity contribution is -0.125. The molecule has 1 aromatic rings. The number of nitrogens with zero attached hydrogens (tertiary/aromatic N) is 2. The average Bonchev–Trinajstić information content (AvgIpc) is 2.52. The first-order chi connectivity index (χ1) is 10.2. The lowest BCUT2D eigenvalue weighted by Gasteiger charge is -2.33. The molecule has 1 N–H and O–H groups in total. The minimum absolute atomic E-state index is 0.0115. The number of hydrogen-bond donors (Lipinski definition) is 2. The zero-order chi connectivity index (χ0) is 15.2. The van der Waals surface area contributed by atoms with E-state index in [-0.39, 0.29) is 17.6 Å². The number of carbonyl (C=O) groups is 1. The predicted octanol–water partition coefficient (Wildman–Crippen LogP) is 1.96. The summed E-state index contributed by atoms with van der Waals surface area (Å²) < 4.78 is 14.0. The van der Waals surface area contributed by atoms with Gasteiger partial charge in [0.15, 0.2) is 0 Å². The van der Waals surface area contributed by atoms with Crippen LogP contribution in [0.2, 0.25) is 0 Å². The predicted molar refractivity (Wildman–Crippen MR) is 82.9 cm³/mol. The molecule has 1 heterocycles. The second kappa shape index (κ2) is 7.32. The molecule has 1 fully saturated rings. The van der Waals surface area contributed by atoms with Crippen molar-refractivity contribution >= 4 is 24.2 Å². The Morgan fingerprint density at radius 2 is 2.19 bits per heavy atom. The molecule has 1 aliphatic rings. The number of amides is 1. The van der Waals surface area contributed by atoms with Crippen molar-refractivity contribution in [3.8, 4) is 6.07 Å². The molecular weight excluding hydrogens is 289 g/mol. The van der Waals surface area contributed by atoms with Crippen molar-refractivity contribution in [1.82, 2.24) is 5.32 Å². The molecule has 1 aromatic carbocycles. The molecular formula is C15H18FN3OS. The quantitative estimate of drug-likeness (QED) is 0.836. The average molecular weight is 307 g/mol. The van der Waals surface area contributed by atoms with Crippen molar-refractivity contribution in [3.63, 3.8) is 0 Å². The van der Waals surface area contributed by atoms with Crippen molar-refractivity contribution < 1.29 is 9.18 Å². The van der Waals surface area contributed by atoms with Crippen LogP contribution in [-0.2, 0) is 4.79 Å². The Morgan fingerprint density at radius 1 is 1.48 bits per heavy atom. The first-order valence-corrected chi connectivity index (χ1v) is 7.62. The van der Waals surface area contributed by atoms with E-state index in [9.17, 15) is 9.18 Å². The van der Waals surface area contributed by atoms with Gasteiger partial charge in [-0.25, -0.2) is 4.39 Å². The maximum Gasteiger partial charge on any atom is 0.223 e. The third-order valence-electron chi connectivity index (χ3n) is 3.69. The van der Waals surface area contributed by atoms with Crippen LogP contribution in [0.5, 0.6) is 0 Å². The summed E-state index contributed by atoms with van der Waals surface area (Å²) in [7, 11) is 0. The molecule has 112 valence electrons. The van der Waals surface area contributed by atoms with Crippen LogP contribution in [0.15, 0.2) is 18.2 Å². The fourth-order valence-electron chi connectivity index (χ4n) is 2.54. The number of thiol groups is 1. The van der Waals surface area contributed by atoms with Gasteiger partial charge in [0.05, 0.1) is 17.3 Å². The van der Waals surface area contributed by atoms with Crippen molar-refractivity contribution in [3.05, 3.63) is 29.6 Å². The van der Waals surface area contributed by atoms with Gasteiger partial charge in [-0.05, 0) is 31.0 Å². The first kappa shape index (κ1) is 15.6. The Hall–Kier alpha value is -1.74. The molecule has 0 saturated carbocycles. The van der Waals surface area contributed by atoms with Gasteiger partial charge < -0.3 is 10.2 Å². The van der Waals surface area contributed by atoms with Crippen molar-refractivity contribution in [2.24, 2.45) is 5.92 Å². The molecule has 0 atom stereocenters. The summed E-state index contributed by atoms with van der Waals surface area (Å²) in [5.41, 5.74) is 0.820. The monoisotopic (exact) mass is 307 g/mol. The van der Waals surface area contributed by atoms with Gasteiger partial charge in [0, 0.05) is 31.3 Å². The highest BCUT2D eigenvalue weighted by Gasteiger charge is 2.25. The minimum Gasteiger partial charge on any atom is -0.369 e. The van der Waals surface area contributed by atoms with E-state index >= 15 is 0 Å². The highest BCUT2D eigenvalue weighted by Crippen LogP contribution is 2.26. The maximum atomic E-state index is 14.0. The maximum absolute atomic E-state index is 14.0. The number of nitriles is 1. The number of carbonyl (C=O) groups excluding carboxylic acids is 1. The Labute approximate surface area is 129 Å². The fourth-order valence-corrected chi connectivity index (χ4v) is 2.65. The molecule has 21 heavy (non-hydrogen) atoms. The molecule has 0 spiro atoms. The second-order valence-corrected chi connectivity index (χ2v) is 5.50. The molecule has 0 aliphatic carbocycles. The van der Waals surface area contributed by atoms with Gasteiger partial charge >= 0.3 is 0 Å². The van der Waals surface area contributed by atoms with Gasteiger partial charge in [-0.1, -0.05) is 0 Å². The van der Waals surface area contributed by atoms with Gasteiger partial charge in [-0.3, -0.25) is 4.79 Å². The zero-order valence-corrected chi connectivity index (χ0v) is 12.6. The summed E-state index contributed by atoms with van der Waals surface area (Å²) in [6.45, 7) is 1.86. The summed E-state index contributed by atoms with van der Waals surface area (Å²) in [4.78, 5) is 13.8. The smallest absolute Gasteiger partial charge is 0.223 e. The summed E-state index contributed by atoms with van der Waals surface area (Å²) in [5.74, 6) is 0.291. The molecule has 2 rings (SSSR count). The van der Waals surface area contributed by atoms with E-state index in [0.29, 0.717) is 49.5 Å². The molecule has 0 bridgehead atoms. The third kappa shape index (κ3) is 3.88. The van der Waals surface area contributed by atoms with Gasteiger partial charge in [0.25, 0.3) is 0 Å². The fraction of sp³-hybridized carbons (Fsp3) is 0.467. The van der Waals surface area contributed by atoms with E-state index in [1.165, 1.54) is 6.07 Å². The third-order valence-corrected chi connectivity index (χ3v) is 3.92. The van der Waals surface area contributed by atoms with Crippen LogP contribution >= 0.6 is 12.6 Å². The minimum atomic E-state index is -0.382. The van der Waals surface area contributed by atoms with Crippen LogP contribution in [0.1, 0.15) is 18.4 Å². The number of rotatable bonds is 4. The highest BCUT2D eigenvalue weighted by atomic mass is 32.1. The molecule has 6 heteroatoms. The SMILES string of the molecule is N#Cc1ccc(N2CCC(C(=O)NCCS)CC2)c(F)c1. The van der Waals surface area contributed by atoms with Crippen molar-refractivity contribution in [2.45, 2.75) is 12.8 Å². The Balaban J connectivity index is 1.95. The van der Waals surface area contributed by atoms with E-state index in [4.69, 9.17) is 5.26 Å². The van der Waals surface area contributed by atoms with E-state index in [1.54, 1.807) is 12.1 Å². The molecule has 0 unspecified atom stereocenters. The zero-order valence-electron chi connectivity index (χ0n) is 11.7. The second-order valence-electron chi connectivity index (χ2n) is 5.05. The number of anilines is 1. The topological polar surface area (TPSA) is 56.1 Å². The Morgan fingerprint density at radius 3 is 2.76 bits per heavy atom. The number of hydrogen-bond acceptors (Lipinski definition) is 4. The Bertz CT molecular complexity index is 550. The summed E-state index contributed by atoms with van der Waals surface area (Å²) in [6.07, 6.45) is 1.41. The first-order valence-electron chi connectivity index (χ1n) is 6.99. The standard InChI is InChI=1S/C15H18FN3OS/c16-13-9-11(10-17)1-2-14(13)19-6-3-12(4-7-19)15(20)18-5-8-21/h1-2,9,12,21H,3-8H2,(H,18,20). The summed E-state index contributed by atoms with van der Waals surface area (Å²) in [5, 5.41) is 11.6. The lowest BCUT2D eigenvalue weighted by atomic mass is 9.95. The lowest BCUT2D eigenvalue weighted by Crippen LogP contribution is -2.41. The van der Waals surface area contributed by atoms with Crippen LogP contribution in [0.25, 0.3) is 0 Å². The molecule has 4 nitrogen and oxygen atoms in total. The van der Waals surface area contributed by atoms with Gasteiger partial charge in [0.1, 0.15) is 5.82 Å². The summed E-state index contributed by atoms with van der Waals surface area (Å²) >= 11 is 4.06. The normalized spacial score (nSPS) is 15.6. The van der Waals surface area contributed by atoms with E-state index in [1.807, 2.05) is 11.0 Å². The molecule has 0 aromatic heterocycles.